The highest BCUT2D eigenvalue weighted by atomic mass is 19.1. The van der Waals surface area contributed by atoms with Crippen LogP contribution in [0.1, 0.15) is 16.1 Å². The molecule has 2 rings (SSSR count). The highest BCUT2D eigenvalue weighted by molar-refractivity contribution is 5.75. The summed E-state index contributed by atoms with van der Waals surface area (Å²) in [5.41, 5.74) is 1.64. The normalized spacial score (nSPS) is 10.3. The maximum atomic E-state index is 13.3. The van der Waals surface area contributed by atoms with Crippen molar-refractivity contribution in [2.75, 3.05) is 0 Å². The monoisotopic (exact) mass is 204 g/mol. The Hall–Kier alpha value is -1.97. The average molecular weight is 204 g/mol. The molecule has 0 bridgehead atoms. The minimum atomic E-state index is -0.518. The first-order valence-electron chi connectivity index (χ1n) is 4.46. The topological polar surface area (TPSA) is 34.9 Å². The Morgan fingerprint density at radius 3 is 2.80 bits per heavy atom. The van der Waals surface area contributed by atoms with E-state index in [0.717, 1.165) is 5.69 Å². The van der Waals surface area contributed by atoms with E-state index in [2.05, 4.69) is 4.98 Å². The Kier molecular flexibility index (Phi) is 2.33. The van der Waals surface area contributed by atoms with Gasteiger partial charge >= 0.3 is 0 Å². The molecule has 0 saturated carbocycles. The van der Waals surface area contributed by atoms with Crippen LogP contribution in [0.3, 0.4) is 0 Å². The summed E-state index contributed by atoms with van der Waals surface area (Å²) in [5.74, 6) is -0.518. The molecule has 0 aliphatic carbocycles. The highest BCUT2D eigenvalue weighted by Gasteiger charge is 2.05. The van der Waals surface area contributed by atoms with Gasteiger partial charge in [0.15, 0.2) is 6.29 Å². The molecule has 0 N–H and O–H groups in total. The summed E-state index contributed by atoms with van der Waals surface area (Å²) in [7, 11) is 0. The molecule has 1 heterocycles. The first kappa shape index (κ1) is 9.58. The molecule has 0 aliphatic rings. The molecule has 1 aromatic carbocycles. The number of imidazole rings is 1. The zero-order valence-electron chi connectivity index (χ0n) is 8.14. The molecule has 0 amide bonds. The minimum Gasteiger partial charge on any atom is -0.303 e. The van der Waals surface area contributed by atoms with Crippen LogP contribution < -0.4 is 0 Å². The van der Waals surface area contributed by atoms with Gasteiger partial charge in [0.2, 0.25) is 0 Å². The molecular formula is C11H9FN2O. The lowest BCUT2D eigenvalue weighted by Crippen LogP contribution is -1.97. The smallest absolute Gasteiger partial charge is 0.152 e. The van der Waals surface area contributed by atoms with Crippen molar-refractivity contribution in [3.05, 3.63) is 47.8 Å². The maximum Gasteiger partial charge on any atom is 0.152 e. The van der Waals surface area contributed by atoms with Crippen molar-refractivity contribution in [3.63, 3.8) is 0 Å². The van der Waals surface area contributed by atoms with Crippen LogP contribution in [0.5, 0.6) is 0 Å². The fourth-order valence-electron chi connectivity index (χ4n) is 1.39. The number of hydrogen-bond donors (Lipinski definition) is 0. The number of benzene rings is 1. The van der Waals surface area contributed by atoms with Gasteiger partial charge in [-0.2, -0.15) is 0 Å². The van der Waals surface area contributed by atoms with Crippen molar-refractivity contribution in [1.82, 2.24) is 9.55 Å². The van der Waals surface area contributed by atoms with E-state index in [-0.39, 0.29) is 5.56 Å². The fraction of sp³-hybridized carbons (Fsp3) is 0.0909. The predicted octanol–water partition coefficient (Wildman–Crippen LogP) is 2.13. The van der Waals surface area contributed by atoms with E-state index in [1.165, 1.54) is 12.1 Å². The third-order valence-corrected chi connectivity index (χ3v) is 2.21. The number of nitrogens with zero attached hydrogens (tertiary/aromatic N) is 2. The lowest BCUT2D eigenvalue weighted by Gasteiger charge is -2.05. The van der Waals surface area contributed by atoms with E-state index in [1.807, 2.05) is 6.92 Å². The molecule has 4 heteroatoms. The molecule has 0 aliphatic heterocycles. The second-order valence-corrected chi connectivity index (χ2v) is 3.23. The van der Waals surface area contributed by atoms with Gasteiger partial charge in [0.1, 0.15) is 5.82 Å². The van der Waals surface area contributed by atoms with Crippen LogP contribution in [-0.2, 0) is 0 Å². The van der Waals surface area contributed by atoms with Crippen LogP contribution in [0, 0.1) is 12.7 Å². The summed E-state index contributed by atoms with van der Waals surface area (Å²) in [6.07, 6.45) is 3.79. The summed E-state index contributed by atoms with van der Waals surface area (Å²) in [5, 5.41) is 0. The van der Waals surface area contributed by atoms with Crippen LogP contribution >= 0.6 is 0 Å². The van der Waals surface area contributed by atoms with Crippen molar-refractivity contribution in [2.24, 2.45) is 0 Å². The van der Waals surface area contributed by atoms with Gasteiger partial charge in [-0.25, -0.2) is 9.37 Å². The van der Waals surface area contributed by atoms with Crippen molar-refractivity contribution in [3.8, 4) is 5.69 Å². The Balaban J connectivity index is 2.52. The van der Waals surface area contributed by atoms with Gasteiger partial charge in [0, 0.05) is 17.6 Å². The van der Waals surface area contributed by atoms with Gasteiger partial charge < -0.3 is 4.57 Å². The summed E-state index contributed by atoms with van der Waals surface area (Å²) in [4.78, 5) is 14.4. The number of carbonyl (C=O) groups excluding carboxylic acids is 1. The summed E-state index contributed by atoms with van der Waals surface area (Å²) >= 11 is 0. The third-order valence-electron chi connectivity index (χ3n) is 2.21. The minimum absolute atomic E-state index is 0.0662. The molecule has 15 heavy (non-hydrogen) atoms. The van der Waals surface area contributed by atoms with E-state index < -0.39 is 5.82 Å². The molecule has 0 fully saturated rings. The molecule has 0 spiro atoms. The first-order chi connectivity index (χ1) is 7.22. The van der Waals surface area contributed by atoms with E-state index in [4.69, 9.17) is 0 Å². The second kappa shape index (κ2) is 3.65. The molecule has 3 nitrogen and oxygen atoms in total. The van der Waals surface area contributed by atoms with E-state index in [9.17, 15) is 9.18 Å². The highest BCUT2D eigenvalue weighted by Crippen LogP contribution is 2.14. The number of rotatable bonds is 2. The van der Waals surface area contributed by atoms with Gasteiger partial charge in [0.05, 0.1) is 11.9 Å². The van der Waals surface area contributed by atoms with Crippen LogP contribution in [0.25, 0.3) is 5.69 Å². The van der Waals surface area contributed by atoms with Crippen molar-refractivity contribution < 1.29 is 9.18 Å². The molecule has 0 saturated heterocycles. The number of aldehydes is 1. The van der Waals surface area contributed by atoms with Gasteiger partial charge in [0.25, 0.3) is 0 Å². The number of aryl methyl sites for hydroxylation is 1. The van der Waals surface area contributed by atoms with E-state index in [0.29, 0.717) is 12.0 Å². The summed E-state index contributed by atoms with van der Waals surface area (Å²) in [6, 6.07) is 4.46. The van der Waals surface area contributed by atoms with Crippen molar-refractivity contribution >= 4 is 6.29 Å². The van der Waals surface area contributed by atoms with Crippen LogP contribution in [-0.4, -0.2) is 15.8 Å². The number of aromatic nitrogens is 2. The maximum absolute atomic E-state index is 13.3. The lowest BCUT2D eigenvalue weighted by molar-refractivity contribution is 0.112. The molecule has 0 unspecified atom stereocenters. The summed E-state index contributed by atoms with van der Waals surface area (Å²) < 4.78 is 15.1. The molecular weight excluding hydrogens is 195 g/mol. The Morgan fingerprint density at radius 2 is 2.27 bits per heavy atom. The standard InChI is InChI=1S/C11H9FN2O/c1-8-5-13-7-14(8)10-3-2-9(6-15)11(12)4-10/h2-7H,1H3. The largest absolute Gasteiger partial charge is 0.303 e. The number of carbonyl (C=O) groups is 1. The van der Waals surface area contributed by atoms with Gasteiger partial charge in [-0.15, -0.1) is 0 Å². The van der Waals surface area contributed by atoms with Crippen molar-refractivity contribution in [1.29, 1.82) is 0 Å². The number of halogens is 1. The van der Waals surface area contributed by atoms with Crippen molar-refractivity contribution in [2.45, 2.75) is 6.92 Å². The average Bonchev–Trinajstić information content (AvgIpc) is 2.64. The molecule has 76 valence electrons. The Labute approximate surface area is 86.2 Å². The Bertz CT molecular complexity index is 505. The third kappa shape index (κ3) is 1.66. The quantitative estimate of drug-likeness (QED) is 0.702. The second-order valence-electron chi connectivity index (χ2n) is 3.23. The van der Waals surface area contributed by atoms with Crippen LogP contribution in [0.4, 0.5) is 4.39 Å². The number of hydrogen-bond acceptors (Lipinski definition) is 2. The zero-order chi connectivity index (χ0) is 10.8. The molecule has 2 aromatic rings. The fourth-order valence-corrected chi connectivity index (χ4v) is 1.39. The first-order valence-corrected chi connectivity index (χ1v) is 4.46. The van der Waals surface area contributed by atoms with E-state index >= 15 is 0 Å². The van der Waals surface area contributed by atoms with Gasteiger partial charge in [-0.1, -0.05) is 0 Å². The molecule has 1 aromatic heterocycles. The van der Waals surface area contributed by atoms with Crippen LogP contribution in [0.2, 0.25) is 0 Å². The Morgan fingerprint density at radius 1 is 1.47 bits per heavy atom. The SMILES string of the molecule is Cc1cncn1-c1ccc(C=O)c(F)c1. The molecule has 0 radical (unpaired) electrons. The zero-order valence-corrected chi connectivity index (χ0v) is 8.14. The lowest BCUT2D eigenvalue weighted by atomic mass is 10.2. The predicted molar refractivity (Wildman–Crippen MR) is 53.6 cm³/mol. The summed E-state index contributed by atoms with van der Waals surface area (Å²) in [6.45, 7) is 1.87. The van der Waals surface area contributed by atoms with Gasteiger partial charge in [-0.3, -0.25) is 4.79 Å². The van der Waals surface area contributed by atoms with Crippen LogP contribution in [0.15, 0.2) is 30.7 Å². The van der Waals surface area contributed by atoms with Gasteiger partial charge in [-0.05, 0) is 25.1 Å². The molecule has 0 atom stereocenters. The van der Waals surface area contributed by atoms with E-state index in [1.54, 1.807) is 23.2 Å².